The number of alkyl halides is 2. The van der Waals surface area contributed by atoms with Gasteiger partial charge in [0.05, 0.1) is 17.8 Å². The molecule has 0 bridgehead atoms. The van der Waals surface area contributed by atoms with Crippen LogP contribution in [-0.2, 0) is 9.53 Å². The van der Waals surface area contributed by atoms with E-state index in [0.29, 0.717) is 39.0 Å². The molecular formula is C19H25F2N3O3S. The van der Waals surface area contributed by atoms with Gasteiger partial charge in [-0.1, -0.05) is 0 Å². The quantitative estimate of drug-likeness (QED) is 0.711. The normalized spacial score (nSPS) is 23.9. The van der Waals surface area contributed by atoms with E-state index in [1.165, 1.54) is 12.3 Å². The molecule has 2 amide bonds. The van der Waals surface area contributed by atoms with Crippen molar-refractivity contribution in [2.24, 2.45) is 5.92 Å². The molecule has 0 N–H and O–H groups in total. The molecule has 2 aliphatic rings. The third kappa shape index (κ3) is 5.00. The van der Waals surface area contributed by atoms with Crippen molar-refractivity contribution in [2.75, 3.05) is 26.2 Å². The fourth-order valence-corrected chi connectivity index (χ4v) is 4.42. The molecule has 1 aromatic rings. The monoisotopic (exact) mass is 413 g/mol. The third-order valence-corrected chi connectivity index (χ3v) is 5.79. The van der Waals surface area contributed by atoms with Crippen LogP contribution in [-0.4, -0.2) is 70.7 Å². The second-order valence-electron chi connectivity index (χ2n) is 7.30. The van der Waals surface area contributed by atoms with E-state index in [4.69, 9.17) is 4.74 Å². The van der Waals surface area contributed by atoms with Gasteiger partial charge in [0, 0.05) is 38.3 Å². The number of thioether (sulfide) groups is 1. The van der Waals surface area contributed by atoms with E-state index < -0.39 is 5.76 Å². The lowest BCUT2D eigenvalue weighted by Crippen LogP contribution is -2.51. The van der Waals surface area contributed by atoms with Crippen LogP contribution in [0.5, 0.6) is 0 Å². The van der Waals surface area contributed by atoms with Gasteiger partial charge in [-0.25, -0.2) is 4.98 Å². The molecule has 1 aromatic heterocycles. The van der Waals surface area contributed by atoms with Crippen LogP contribution >= 0.6 is 11.8 Å². The summed E-state index contributed by atoms with van der Waals surface area (Å²) in [5, 5.41) is 0.0389. The van der Waals surface area contributed by atoms with Crippen LogP contribution in [0.4, 0.5) is 8.78 Å². The van der Waals surface area contributed by atoms with Crippen molar-refractivity contribution < 1.29 is 23.1 Å². The van der Waals surface area contributed by atoms with Crippen molar-refractivity contribution in [1.82, 2.24) is 14.8 Å². The molecular weight excluding hydrogens is 388 g/mol. The highest BCUT2D eigenvalue weighted by Gasteiger charge is 2.34. The summed E-state index contributed by atoms with van der Waals surface area (Å²) < 4.78 is 31.1. The van der Waals surface area contributed by atoms with Gasteiger partial charge in [0.1, 0.15) is 5.03 Å². The molecule has 28 heavy (non-hydrogen) atoms. The lowest BCUT2D eigenvalue weighted by Gasteiger charge is -2.39. The molecule has 3 heterocycles. The van der Waals surface area contributed by atoms with Crippen molar-refractivity contribution in [3.05, 3.63) is 23.9 Å². The van der Waals surface area contributed by atoms with Gasteiger partial charge < -0.3 is 14.5 Å². The number of carbonyl (C=O) groups is 2. The molecule has 2 fully saturated rings. The van der Waals surface area contributed by atoms with Gasteiger partial charge in [-0.2, -0.15) is 8.78 Å². The zero-order valence-corrected chi connectivity index (χ0v) is 16.8. The summed E-state index contributed by atoms with van der Waals surface area (Å²) in [4.78, 5) is 33.0. The van der Waals surface area contributed by atoms with E-state index >= 15 is 0 Å². The molecule has 0 radical (unpaired) electrons. The minimum atomic E-state index is -2.64. The van der Waals surface area contributed by atoms with Crippen molar-refractivity contribution in [2.45, 2.75) is 49.7 Å². The van der Waals surface area contributed by atoms with Crippen LogP contribution in [0.15, 0.2) is 23.4 Å². The number of amides is 2. The van der Waals surface area contributed by atoms with E-state index in [9.17, 15) is 18.4 Å². The second kappa shape index (κ2) is 9.17. The first-order chi connectivity index (χ1) is 13.3. The first-order valence-corrected chi connectivity index (χ1v) is 10.4. The maximum absolute atomic E-state index is 12.8. The number of piperidine rings is 1. The maximum atomic E-state index is 12.8. The van der Waals surface area contributed by atoms with E-state index in [1.807, 2.05) is 18.7 Å². The van der Waals surface area contributed by atoms with Crippen molar-refractivity contribution in [3.8, 4) is 0 Å². The number of nitrogens with zero attached hydrogens (tertiary/aromatic N) is 3. The third-order valence-electron chi connectivity index (χ3n) is 5.06. The predicted molar refractivity (Wildman–Crippen MR) is 101 cm³/mol. The van der Waals surface area contributed by atoms with Crippen molar-refractivity contribution >= 4 is 23.6 Å². The SMILES string of the molecule is CC1CN(C(=O)C2CCN(C(=O)c3cccnc3SC(F)F)CC2)CC(C)O1. The highest BCUT2D eigenvalue weighted by Crippen LogP contribution is 2.29. The van der Waals surface area contributed by atoms with Crippen LogP contribution in [0.3, 0.4) is 0 Å². The molecule has 2 saturated heterocycles. The summed E-state index contributed by atoms with van der Waals surface area (Å²) in [6.45, 7) is 5.95. The van der Waals surface area contributed by atoms with E-state index in [0.717, 1.165) is 0 Å². The molecule has 2 aliphatic heterocycles. The smallest absolute Gasteiger partial charge is 0.290 e. The lowest BCUT2D eigenvalue weighted by molar-refractivity contribution is -0.148. The van der Waals surface area contributed by atoms with Crippen LogP contribution < -0.4 is 0 Å². The fourth-order valence-electron chi connectivity index (χ4n) is 3.85. The fraction of sp³-hybridized carbons (Fsp3) is 0.632. The zero-order valence-electron chi connectivity index (χ0n) is 16.0. The topological polar surface area (TPSA) is 62.7 Å². The highest BCUT2D eigenvalue weighted by molar-refractivity contribution is 7.99. The van der Waals surface area contributed by atoms with E-state index in [-0.39, 0.29) is 52.3 Å². The van der Waals surface area contributed by atoms with Gasteiger partial charge in [-0.3, -0.25) is 9.59 Å². The molecule has 0 spiro atoms. The Balaban J connectivity index is 1.59. The summed E-state index contributed by atoms with van der Waals surface area (Å²) in [5.41, 5.74) is 0.188. The first kappa shape index (κ1) is 21.0. The minimum Gasteiger partial charge on any atom is -0.372 e. The average molecular weight is 413 g/mol. The van der Waals surface area contributed by atoms with Gasteiger partial charge in [0.25, 0.3) is 11.7 Å². The molecule has 0 aromatic carbocycles. The van der Waals surface area contributed by atoms with Crippen LogP contribution in [0.1, 0.15) is 37.0 Å². The molecule has 0 aliphatic carbocycles. The number of hydrogen-bond acceptors (Lipinski definition) is 5. The Hall–Kier alpha value is -1.74. The van der Waals surface area contributed by atoms with Gasteiger partial charge in [0.2, 0.25) is 5.91 Å². The molecule has 2 atom stereocenters. The first-order valence-electron chi connectivity index (χ1n) is 9.48. The molecule has 0 saturated carbocycles. The number of morpholine rings is 1. The van der Waals surface area contributed by atoms with Crippen molar-refractivity contribution in [3.63, 3.8) is 0 Å². The Kier molecular flexibility index (Phi) is 6.87. The van der Waals surface area contributed by atoms with Gasteiger partial charge >= 0.3 is 0 Å². The van der Waals surface area contributed by atoms with E-state index in [2.05, 4.69) is 4.98 Å². The van der Waals surface area contributed by atoms with Gasteiger partial charge in [0.15, 0.2) is 0 Å². The summed E-state index contributed by atoms with van der Waals surface area (Å²) in [7, 11) is 0. The second-order valence-corrected chi connectivity index (χ2v) is 8.28. The van der Waals surface area contributed by atoms with Gasteiger partial charge in [-0.05, 0) is 50.6 Å². The van der Waals surface area contributed by atoms with Crippen LogP contribution in [0.2, 0.25) is 0 Å². The number of pyridine rings is 1. The van der Waals surface area contributed by atoms with Gasteiger partial charge in [-0.15, -0.1) is 0 Å². The summed E-state index contributed by atoms with van der Waals surface area (Å²) in [5.74, 6) is -2.95. The van der Waals surface area contributed by atoms with Crippen LogP contribution in [0, 0.1) is 5.92 Å². The summed E-state index contributed by atoms with van der Waals surface area (Å²) in [6, 6.07) is 3.09. The largest absolute Gasteiger partial charge is 0.372 e. The highest BCUT2D eigenvalue weighted by atomic mass is 32.2. The Bertz CT molecular complexity index is 703. The Morgan fingerprint density at radius 2 is 1.82 bits per heavy atom. The standard InChI is InChI=1S/C19H25F2N3O3S/c1-12-10-24(11-13(2)27-12)17(25)14-5-8-23(9-6-14)18(26)15-4-3-7-22-16(15)28-19(20)21/h3-4,7,12-14,19H,5-6,8-11H2,1-2H3. The number of halogens is 2. The zero-order chi connectivity index (χ0) is 20.3. The summed E-state index contributed by atoms with van der Waals surface area (Å²) >= 11 is 0.277. The van der Waals surface area contributed by atoms with E-state index in [1.54, 1.807) is 11.0 Å². The number of rotatable bonds is 4. The maximum Gasteiger partial charge on any atom is 0.290 e. The average Bonchev–Trinajstić information content (AvgIpc) is 2.66. The minimum absolute atomic E-state index is 0.0192. The Morgan fingerprint density at radius 3 is 2.43 bits per heavy atom. The van der Waals surface area contributed by atoms with Crippen molar-refractivity contribution in [1.29, 1.82) is 0 Å². The molecule has 154 valence electrons. The number of carbonyl (C=O) groups excluding carboxylic acids is 2. The molecule has 9 heteroatoms. The Labute approximate surface area is 167 Å². The molecule has 2 unspecified atom stereocenters. The Morgan fingerprint density at radius 1 is 1.18 bits per heavy atom. The molecule has 6 nitrogen and oxygen atoms in total. The number of aromatic nitrogens is 1. The number of ether oxygens (including phenoxy) is 1. The number of hydrogen-bond donors (Lipinski definition) is 0. The van der Waals surface area contributed by atoms with Crippen LogP contribution in [0.25, 0.3) is 0 Å². The predicted octanol–water partition coefficient (Wildman–Crippen LogP) is 2.88. The number of likely N-dealkylation sites (tertiary alicyclic amines) is 1. The summed E-state index contributed by atoms with van der Waals surface area (Å²) in [6.07, 6.45) is 2.58. The lowest BCUT2D eigenvalue weighted by atomic mass is 9.94. The molecule has 3 rings (SSSR count).